The molecule has 1 aromatic carbocycles. The third-order valence-corrected chi connectivity index (χ3v) is 1.96. The van der Waals surface area contributed by atoms with Crippen molar-refractivity contribution in [1.82, 2.24) is 0 Å². The first kappa shape index (κ1) is 9.73. The van der Waals surface area contributed by atoms with Crippen LogP contribution in [-0.2, 0) is 0 Å². The smallest absolute Gasteiger partial charge is 0.277 e. The normalized spacial score (nSPS) is 10.5. The zero-order valence-electron chi connectivity index (χ0n) is 6.61. The molecule has 0 spiro atoms. The summed E-state index contributed by atoms with van der Waals surface area (Å²) in [4.78, 5) is 10.1. The van der Waals surface area contributed by atoms with Gasteiger partial charge in [-0.25, -0.2) is 0 Å². The van der Waals surface area contributed by atoms with Crippen molar-refractivity contribution in [3.05, 3.63) is 44.5 Å². The Morgan fingerprint density at radius 2 is 2.23 bits per heavy atom. The lowest BCUT2D eigenvalue weighted by molar-refractivity contribution is -0.385. The van der Waals surface area contributed by atoms with Crippen LogP contribution in [0.15, 0.2) is 28.9 Å². The molecule has 0 amide bonds. The van der Waals surface area contributed by atoms with Gasteiger partial charge < -0.3 is 5.73 Å². The number of nitro groups is 1. The summed E-state index contributed by atoms with van der Waals surface area (Å²) in [6.07, 6.45) is 2.76. The number of benzene rings is 1. The van der Waals surface area contributed by atoms with Crippen molar-refractivity contribution in [3.63, 3.8) is 0 Å². The fourth-order valence-electron chi connectivity index (χ4n) is 0.920. The average Bonchev–Trinajstić information content (AvgIpc) is 2.08. The maximum absolute atomic E-state index is 10.6. The molecule has 0 aliphatic rings. The lowest BCUT2D eigenvalue weighted by atomic mass is 10.2. The van der Waals surface area contributed by atoms with Gasteiger partial charge in [0.25, 0.3) is 5.69 Å². The molecular formula is C8H7BrN2O2. The second kappa shape index (κ2) is 4.04. The van der Waals surface area contributed by atoms with Gasteiger partial charge in [0.05, 0.1) is 10.5 Å². The largest absolute Gasteiger partial charge is 0.405 e. The Hall–Kier alpha value is -1.36. The van der Waals surface area contributed by atoms with E-state index >= 15 is 0 Å². The zero-order chi connectivity index (χ0) is 9.84. The first-order valence-electron chi connectivity index (χ1n) is 3.47. The van der Waals surface area contributed by atoms with Gasteiger partial charge in [-0.05, 0) is 24.4 Å². The second-order valence-corrected chi connectivity index (χ2v) is 3.24. The minimum Gasteiger partial charge on any atom is -0.405 e. The Balaban J connectivity index is 3.26. The summed E-state index contributed by atoms with van der Waals surface area (Å²) in [5.41, 5.74) is 5.69. The van der Waals surface area contributed by atoms with Crippen molar-refractivity contribution < 1.29 is 4.92 Å². The molecule has 0 saturated carbocycles. The van der Waals surface area contributed by atoms with E-state index in [4.69, 9.17) is 5.73 Å². The second-order valence-electron chi connectivity index (χ2n) is 2.32. The molecule has 68 valence electrons. The summed E-state index contributed by atoms with van der Waals surface area (Å²) in [5, 5.41) is 10.6. The Morgan fingerprint density at radius 3 is 2.77 bits per heavy atom. The lowest BCUT2D eigenvalue weighted by Crippen LogP contribution is -1.91. The van der Waals surface area contributed by atoms with Crippen molar-refractivity contribution in [1.29, 1.82) is 0 Å². The monoisotopic (exact) mass is 242 g/mol. The van der Waals surface area contributed by atoms with Gasteiger partial charge in [-0.1, -0.05) is 15.9 Å². The SMILES string of the molecule is N/C=C/c1ccc(Br)cc1[N+](=O)[O-]. The van der Waals surface area contributed by atoms with E-state index in [2.05, 4.69) is 15.9 Å². The van der Waals surface area contributed by atoms with Crippen LogP contribution in [-0.4, -0.2) is 4.92 Å². The highest BCUT2D eigenvalue weighted by Gasteiger charge is 2.10. The molecule has 0 bridgehead atoms. The molecule has 0 fully saturated rings. The zero-order valence-corrected chi connectivity index (χ0v) is 8.19. The highest BCUT2D eigenvalue weighted by Crippen LogP contribution is 2.24. The van der Waals surface area contributed by atoms with E-state index in [1.165, 1.54) is 18.3 Å². The van der Waals surface area contributed by atoms with Crippen LogP contribution in [0, 0.1) is 10.1 Å². The topological polar surface area (TPSA) is 69.2 Å². The molecule has 5 heteroatoms. The molecule has 0 unspecified atom stereocenters. The van der Waals surface area contributed by atoms with Crippen molar-refractivity contribution in [2.24, 2.45) is 5.73 Å². The van der Waals surface area contributed by atoms with Crippen molar-refractivity contribution in [3.8, 4) is 0 Å². The molecule has 1 rings (SSSR count). The molecular weight excluding hydrogens is 236 g/mol. The Kier molecular flexibility index (Phi) is 3.02. The minimum atomic E-state index is -0.444. The summed E-state index contributed by atoms with van der Waals surface area (Å²) < 4.78 is 0.674. The van der Waals surface area contributed by atoms with Gasteiger partial charge in [0.15, 0.2) is 0 Å². The van der Waals surface area contributed by atoms with Gasteiger partial charge in [-0.15, -0.1) is 0 Å². The van der Waals surface area contributed by atoms with Gasteiger partial charge in [0.1, 0.15) is 0 Å². The predicted molar refractivity (Wildman–Crippen MR) is 54.0 cm³/mol. The van der Waals surface area contributed by atoms with Crippen molar-refractivity contribution in [2.75, 3.05) is 0 Å². The number of hydrogen-bond acceptors (Lipinski definition) is 3. The fourth-order valence-corrected chi connectivity index (χ4v) is 1.27. The first-order chi connectivity index (χ1) is 6.15. The Labute approximate surface area is 83.3 Å². The van der Waals surface area contributed by atoms with Crippen LogP contribution in [0.25, 0.3) is 6.08 Å². The molecule has 2 N–H and O–H groups in total. The highest BCUT2D eigenvalue weighted by atomic mass is 79.9. The van der Waals surface area contributed by atoms with Gasteiger partial charge in [0, 0.05) is 10.5 Å². The van der Waals surface area contributed by atoms with Crippen LogP contribution in [0.4, 0.5) is 5.69 Å². The standard InChI is InChI=1S/C8H7BrN2O2/c9-7-2-1-6(3-4-10)8(5-7)11(12)13/h1-5H,10H2/b4-3+. The Morgan fingerprint density at radius 1 is 1.54 bits per heavy atom. The summed E-state index contributed by atoms with van der Waals surface area (Å²) in [6, 6.07) is 4.79. The van der Waals surface area contributed by atoms with Crippen LogP contribution in [0.1, 0.15) is 5.56 Å². The van der Waals surface area contributed by atoms with Gasteiger partial charge >= 0.3 is 0 Å². The first-order valence-corrected chi connectivity index (χ1v) is 4.26. The predicted octanol–water partition coefficient (Wildman–Crippen LogP) is 2.29. The van der Waals surface area contributed by atoms with Crippen LogP contribution < -0.4 is 5.73 Å². The molecule has 4 nitrogen and oxygen atoms in total. The van der Waals surface area contributed by atoms with Crippen molar-refractivity contribution >= 4 is 27.7 Å². The van der Waals surface area contributed by atoms with Crippen LogP contribution in [0.5, 0.6) is 0 Å². The van der Waals surface area contributed by atoms with E-state index in [0.717, 1.165) is 0 Å². The molecule has 1 aromatic rings. The Bertz CT molecular complexity index is 363. The molecule has 0 aliphatic carbocycles. The number of nitrogens with zero attached hydrogens (tertiary/aromatic N) is 1. The van der Waals surface area contributed by atoms with Crippen LogP contribution in [0.3, 0.4) is 0 Å². The van der Waals surface area contributed by atoms with E-state index in [1.54, 1.807) is 12.1 Å². The fraction of sp³-hybridized carbons (Fsp3) is 0. The number of halogens is 1. The number of rotatable bonds is 2. The van der Waals surface area contributed by atoms with E-state index in [9.17, 15) is 10.1 Å². The molecule has 0 atom stereocenters. The number of nitro benzene ring substituents is 1. The molecule has 0 saturated heterocycles. The maximum Gasteiger partial charge on any atom is 0.277 e. The summed E-state index contributed by atoms with van der Waals surface area (Å²) >= 11 is 3.16. The van der Waals surface area contributed by atoms with E-state index in [1.807, 2.05) is 0 Å². The van der Waals surface area contributed by atoms with Crippen molar-refractivity contribution in [2.45, 2.75) is 0 Å². The van der Waals surface area contributed by atoms with Gasteiger partial charge in [0.2, 0.25) is 0 Å². The van der Waals surface area contributed by atoms with E-state index < -0.39 is 4.92 Å². The van der Waals surface area contributed by atoms with Gasteiger partial charge in [-0.2, -0.15) is 0 Å². The highest BCUT2D eigenvalue weighted by molar-refractivity contribution is 9.10. The third kappa shape index (κ3) is 2.29. The van der Waals surface area contributed by atoms with Gasteiger partial charge in [-0.3, -0.25) is 10.1 Å². The molecule has 0 radical (unpaired) electrons. The van der Waals surface area contributed by atoms with E-state index in [0.29, 0.717) is 10.0 Å². The molecule has 13 heavy (non-hydrogen) atoms. The summed E-state index contributed by atoms with van der Waals surface area (Å²) in [6.45, 7) is 0. The number of nitrogens with two attached hydrogens (primary N) is 1. The van der Waals surface area contributed by atoms with E-state index in [-0.39, 0.29) is 5.69 Å². The lowest BCUT2D eigenvalue weighted by Gasteiger charge is -1.97. The quantitative estimate of drug-likeness (QED) is 0.639. The summed E-state index contributed by atoms with van der Waals surface area (Å²) in [5.74, 6) is 0. The molecule has 0 heterocycles. The minimum absolute atomic E-state index is 0.0380. The van der Waals surface area contributed by atoms with Crippen LogP contribution >= 0.6 is 15.9 Å². The average molecular weight is 243 g/mol. The third-order valence-electron chi connectivity index (χ3n) is 1.46. The number of hydrogen-bond donors (Lipinski definition) is 1. The molecule has 0 aliphatic heterocycles. The van der Waals surface area contributed by atoms with Crippen LogP contribution in [0.2, 0.25) is 0 Å². The summed E-state index contributed by atoms with van der Waals surface area (Å²) in [7, 11) is 0. The maximum atomic E-state index is 10.6. The molecule has 0 aromatic heterocycles.